The van der Waals surface area contributed by atoms with Gasteiger partial charge in [0.2, 0.25) is 0 Å². The summed E-state index contributed by atoms with van der Waals surface area (Å²) in [5.74, 6) is -1.49. The molecule has 2 aromatic rings. The predicted octanol–water partition coefficient (Wildman–Crippen LogP) is 0.841. The molecule has 0 unspecified atom stereocenters. The van der Waals surface area contributed by atoms with Crippen LogP contribution in [-0.2, 0) is 10.0 Å². The predicted molar refractivity (Wildman–Crippen MR) is 79.3 cm³/mol. The van der Waals surface area contributed by atoms with Crippen LogP contribution in [0.3, 0.4) is 0 Å². The summed E-state index contributed by atoms with van der Waals surface area (Å²) in [6.07, 6.45) is 1.82. The fraction of sp³-hybridized carbons (Fsp3) is 0.154. The molecule has 0 spiro atoms. The lowest BCUT2D eigenvalue weighted by Crippen LogP contribution is -2.29. The third kappa shape index (κ3) is 3.19. The minimum absolute atomic E-state index is 0.136. The first-order valence-electron chi connectivity index (χ1n) is 6.13. The van der Waals surface area contributed by atoms with Crippen molar-refractivity contribution < 1.29 is 12.8 Å². The van der Waals surface area contributed by atoms with E-state index in [1.165, 1.54) is 35.5 Å². The zero-order valence-corrected chi connectivity index (χ0v) is 12.7. The van der Waals surface area contributed by atoms with E-state index < -0.39 is 27.3 Å². The fourth-order valence-electron chi connectivity index (χ4n) is 1.55. The summed E-state index contributed by atoms with van der Waals surface area (Å²) in [4.78, 5) is 20.3. The van der Waals surface area contributed by atoms with Crippen LogP contribution in [0.1, 0.15) is 0 Å². The normalized spacial score (nSPS) is 11.8. The Labute approximate surface area is 126 Å². The van der Waals surface area contributed by atoms with Crippen LogP contribution in [0.2, 0.25) is 0 Å². The molecule has 1 aromatic heterocycles. The van der Waals surface area contributed by atoms with Crippen LogP contribution in [0.25, 0.3) is 0 Å². The van der Waals surface area contributed by atoms with Crippen molar-refractivity contribution in [2.45, 2.75) is 4.90 Å². The Balaban J connectivity index is 2.55. The lowest BCUT2D eigenvalue weighted by atomic mass is 10.4. The summed E-state index contributed by atoms with van der Waals surface area (Å²) < 4.78 is 38.8. The molecule has 9 heteroatoms. The van der Waals surface area contributed by atoms with Gasteiger partial charge in [0.05, 0.1) is 17.4 Å². The first kappa shape index (κ1) is 15.8. The summed E-state index contributed by atoms with van der Waals surface area (Å²) in [7, 11) is -0.890. The van der Waals surface area contributed by atoms with Gasteiger partial charge in [-0.05, 0) is 12.1 Å². The van der Waals surface area contributed by atoms with Crippen LogP contribution >= 0.6 is 0 Å². The summed E-state index contributed by atoms with van der Waals surface area (Å²) in [6.45, 7) is 0. The number of aromatic nitrogens is 2. The van der Waals surface area contributed by atoms with Crippen LogP contribution in [0, 0.1) is 5.82 Å². The van der Waals surface area contributed by atoms with Crippen molar-refractivity contribution in [3.05, 3.63) is 52.8 Å². The maximum atomic E-state index is 13.9. The average Bonchev–Trinajstić information content (AvgIpc) is 2.48. The lowest BCUT2D eigenvalue weighted by Gasteiger charge is -2.08. The highest BCUT2D eigenvalue weighted by molar-refractivity contribution is 7.90. The van der Waals surface area contributed by atoms with Crippen molar-refractivity contribution in [1.82, 2.24) is 13.9 Å². The Morgan fingerprint density at radius 1 is 1.27 bits per heavy atom. The Hall–Kier alpha value is -2.55. The van der Waals surface area contributed by atoms with E-state index in [0.717, 1.165) is 0 Å². The summed E-state index contributed by atoms with van der Waals surface area (Å²) in [5, 5.41) is 0. The Kier molecular flexibility index (Phi) is 4.36. The molecule has 0 saturated heterocycles. The first-order valence-corrected chi connectivity index (χ1v) is 7.57. The van der Waals surface area contributed by atoms with Gasteiger partial charge in [0, 0.05) is 14.1 Å². The average molecular weight is 324 g/mol. The van der Waals surface area contributed by atoms with Gasteiger partial charge in [0.15, 0.2) is 11.6 Å². The quantitative estimate of drug-likeness (QED) is 0.614. The highest BCUT2D eigenvalue weighted by atomic mass is 32.2. The molecule has 0 atom stereocenters. The topological polar surface area (TPSA) is 84.6 Å². The molecular formula is C13H13FN4O3S. The number of rotatable bonds is 4. The van der Waals surface area contributed by atoms with Gasteiger partial charge in [-0.15, -0.1) is 0 Å². The zero-order valence-electron chi connectivity index (χ0n) is 11.8. The van der Waals surface area contributed by atoms with Gasteiger partial charge in [-0.3, -0.25) is 0 Å². The molecule has 0 radical (unpaired) electrons. The van der Waals surface area contributed by atoms with Gasteiger partial charge in [0.25, 0.3) is 10.0 Å². The molecule has 0 saturated carbocycles. The molecule has 116 valence electrons. The highest BCUT2D eigenvalue weighted by Gasteiger charge is 2.20. The van der Waals surface area contributed by atoms with Crippen molar-refractivity contribution in [3.8, 4) is 0 Å². The van der Waals surface area contributed by atoms with Crippen LogP contribution < -0.4 is 5.69 Å². The summed E-state index contributed by atoms with van der Waals surface area (Å²) in [5.41, 5.74) is -1.13. The number of hydrogen-bond donors (Lipinski definition) is 0. The molecule has 2 rings (SSSR count). The molecule has 22 heavy (non-hydrogen) atoms. The zero-order chi connectivity index (χ0) is 16.3. The second kappa shape index (κ2) is 6.06. The molecule has 1 aromatic carbocycles. The van der Waals surface area contributed by atoms with Crippen LogP contribution in [0.5, 0.6) is 0 Å². The van der Waals surface area contributed by atoms with E-state index in [-0.39, 0.29) is 8.87 Å². The standard InChI is InChI=1S/C13H13FN4O3S/c1-17(2)9-15-12-11(14)8-18(13(19)16-12)22(20,21)10-6-4-3-5-7-10/h3-9H,1-2H3. The Morgan fingerprint density at radius 2 is 1.91 bits per heavy atom. The smallest absolute Gasteiger partial charge is 0.363 e. The van der Waals surface area contributed by atoms with E-state index in [2.05, 4.69) is 9.98 Å². The third-order valence-electron chi connectivity index (χ3n) is 2.55. The van der Waals surface area contributed by atoms with E-state index in [9.17, 15) is 17.6 Å². The second-order valence-electron chi connectivity index (χ2n) is 4.52. The number of hydrogen-bond acceptors (Lipinski definition) is 5. The van der Waals surface area contributed by atoms with Gasteiger partial charge in [-0.2, -0.15) is 8.96 Å². The maximum Gasteiger partial charge on any atom is 0.363 e. The monoisotopic (exact) mass is 324 g/mol. The van der Waals surface area contributed by atoms with Gasteiger partial charge in [-0.1, -0.05) is 18.2 Å². The number of halogens is 1. The minimum atomic E-state index is -4.20. The van der Waals surface area contributed by atoms with E-state index in [4.69, 9.17) is 0 Å². The number of aliphatic imine (C=N–C) groups is 1. The third-order valence-corrected chi connectivity index (χ3v) is 4.19. The largest absolute Gasteiger partial charge is 0.369 e. The first-order chi connectivity index (χ1) is 10.3. The van der Waals surface area contributed by atoms with Gasteiger partial charge in [0.1, 0.15) is 0 Å². The van der Waals surface area contributed by atoms with Gasteiger partial charge in [-0.25, -0.2) is 22.6 Å². The van der Waals surface area contributed by atoms with Crippen LogP contribution in [-0.4, -0.2) is 42.7 Å². The van der Waals surface area contributed by atoms with Crippen LogP contribution in [0.15, 0.2) is 51.2 Å². The molecule has 1 heterocycles. The van der Waals surface area contributed by atoms with Crippen molar-refractivity contribution in [1.29, 1.82) is 0 Å². The molecule has 0 fully saturated rings. The molecular weight excluding hydrogens is 311 g/mol. The van der Waals surface area contributed by atoms with Crippen molar-refractivity contribution >= 4 is 22.2 Å². The summed E-state index contributed by atoms with van der Waals surface area (Å²) >= 11 is 0. The minimum Gasteiger partial charge on any atom is -0.369 e. The molecule has 0 N–H and O–H groups in total. The SMILES string of the molecule is CN(C)C=Nc1nc(=O)n(S(=O)(=O)c2ccccc2)cc1F. The summed E-state index contributed by atoms with van der Waals surface area (Å²) in [6, 6.07) is 7.23. The highest BCUT2D eigenvalue weighted by Crippen LogP contribution is 2.15. The van der Waals surface area contributed by atoms with E-state index in [0.29, 0.717) is 6.20 Å². The number of nitrogens with zero attached hydrogens (tertiary/aromatic N) is 4. The lowest BCUT2D eigenvalue weighted by molar-refractivity contribution is 0.571. The van der Waals surface area contributed by atoms with E-state index in [1.807, 2.05) is 0 Å². The Morgan fingerprint density at radius 3 is 2.50 bits per heavy atom. The Bertz CT molecular complexity index is 861. The fourth-order valence-corrected chi connectivity index (χ4v) is 2.75. The molecule has 0 bridgehead atoms. The number of benzene rings is 1. The van der Waals surface area contributed by atoms with Crippen molar-refractivity contribution in [3.63, 3.8) is 0 Å². The van der Waals surface area contributed by atoms with Crippen molar-refractivity contribution in [2.75, 3.05) is 14.1 Å². The molecule has 0 aliphatic carbocycles. The molecule has 0 amide bonds. The van der Waals surface area contributed by atoms with E-state index in [1.54, 1.807) is 20.2 Å². The maximum absolute atomic E-state index is 13.9. The molecule has 7 nitrogen and oxygen atoms in total. The van der Waals surface area contributed by atoms with E-state index >= 15 is 0 Å². The molecule has 0 aliphatic heterocycles. The van der Waals surface area contributed by atoms with Crippen LogP contribution in [0.4, 0.5) is 10.2 Å². The van der Waals surface area contributed by atoms with Gasteiger partial charge >= 0.3 is 5.69 Å². The van der Waals surface area contributed by atoms with Crippen molar-refractivity contribution in [2.24, 2.45) is 4.99 Å². The molecule has 0 aliphatic rings. The van der Waals surface area contributed by atoms with Gasteiger partial charge < -0.3 is 4.90 Å². The second-order valence-corrected chi connectivity index (χ2v) is 6.33.